The van der Waals surface area contributed by atoms with Gasteiger partial charge in [0.15, 0.2) is 17.3 Å². The van der Waals surface area contributed by atoms with E-state index in [1.807, 2.05) is 6.07 Å². The maximum absolute atomic E-state index is 13.9. The van der Waals surface area contributed by atoms with E-state index in [0.29, 0.717) is 44.2 Å². The monoisotopic (exact) mass is 569 g/mol. The van der Waals surface area contributed by atoms with Crippen molar-refractivity contribution in [3.05, 3.63) is 113 Å². The average molecular weight is 570 g/mol. The molecule has 8 nitrogen and oxygen atoms in total. The molecule has 10 heteroatoms. The van der Waals surface area contributed by atoms with Crippen molar-refractivity contribution in [3.8, 4) is 17.2 Å². The second-order valence-electron chi connectivity index (χ2n) is 8.70. The van der Waals surface area contributed by atoms with Crippen LogP contribution in [0.2, 0.25) is 0 Å². The number of methoxy groups -OCH3 is 3. The van der Waals surface area contributed by atoms with Gasteiger partial charge >= 0.3 is 0 Å². The predicted octanol–water partition coefficient (Wildman–Crippen LogP) is 6.37. The Balaban J connectivity index is 1.52. The Bertz CT molecular complexity index is 1730. The number of hydrogen-bond acceptors (Lipinski definition) is 8. The van der Waals surface area contributed by atoms with Gasteiger partial charge in [-0.15, -0.1) is 0 Å². The van der Waals surface area contributed by atoms with Gasteiger partial charge in [-0.2, -0.15) is 10.1 Å². The van der Waals surface area contributed by atoms with E-state index in [1.54, 1.807) is 66.7 Å². The summed E-state index contributed by atoms with van der Waals surface area (Å²) in [6.07, 6.45) is 1.46. The molecular weight excluding hydrogens is 545 g/mol. The molecule has 0 unspecified atom stereocenters. The van der Waals surface area contributed by atoms with E-state index in [-0.39, 0.29) is 16.5 Å². The van der Waals surface area contributed by atoms with Gasteiger partial charge in [-0.3, -0.25) is 9.59 Å². The van der Waals surface area contributed by atoms with Crippen molar-refractivity contribution in [1.29, 1.82) is 0 Å². The molecule has 0 aliphatic heterocycles. The molecule has 0 bridgehead atoms. The lowest BCUT2D eigenvalue weighted by molar-refractivity contribution is 0.0985. The molecule has 5 aromatic rings. The van der Waals surface area contributed by atoms with Crippen molar-refractivity contribution in [2.75, 3.05) is 26.3 Å². The second-order valence-corrected chi connectivity index (χ2v) is 9.71. The number of carbonyl (C=O) groups is 2. The third kappa shape index (κ3) is 5.78. The number of anilines is 1. The zero-order valence-corrected chi connectivity index (χ0v) is 23.1. The topological polar surface area (TPSA) is 90.3 Å². The van der Waals surface area contributed by atoms with Gasteiger partial charge in [0.2, 0.25) is 10.9 Å². The minimum absolute atomic E-state index is 0.157. The van der Waals surface area contributed by atoms with Crippen LogP contribution in [0.5, 0.6) is 17.2 Å². The first-order valence-corrected chi connectivity index (χ1v) is 13.2. The van der Waals surface area contributed by atoms with Gasteiger partial charge in [0.25, 0.3) is 5.91 Å². The molecule has 0 aliphatic carbocycles. The van der Waals surface area contributed by atoms with Crippen LogP contribution >= 0.6 is 11.3 Å². The molecule has 5 rings (SSSR count). The van der Waals surface area contributed by atoms with Crippen molar-refractivity contribution in [2.45, 2.75) is 0 Å². The molecule has 0 saturated heterocycles. The quantitative estimate of drug-likeness (QED) is 0.116. The zero-order chi connectivity index (χ0) is 28.9. The standard InChI is InChI=1S/C31H24FN3O5S/c1-38-25-15-19(16-26(39-2)29(25)40-3)18-33-35(31-34-24-14-13-23(32)17-27(24)41-31)30(37)22-11-9-21(10-12-22)28(36)20-7-5-4-6-8-20/h4-18H,1-3H3/b33-18+. The number of aromatic nitrogens is 1. The van der Waals surface area contributed by atoms with Crippen molar-refractivity contribution < 1.29 is 28.2 Å². The first kappa shape index (κ1) is 27.5. The van der Waals surface area contributed by atoms with Crippen molar-refractivity contribution in [1.82, 2.24) is 4.98 Å². The van der Waals surface area contributed by atoms with Crippen LogP contribution < -0.4 is 19.2 Å². The smallest absolute Gasteiger partial charge is 0.280 e. The van der Waals surface area contributed by atoms with E-state index in [1.165, 1.54) is 39.7 Å². The summed E-state index contributed by atoms with van der Waals surface area (Å²) < 4.78 is 30.7. The Labute approximate surface area is 239 Å². The SMILES string of the molecule is COc1cc(/C=N/N(C(=O)c2ccc(C(=O)c3ccccc3)cc2)c2nc3ccc(F)cc3s2)cc(OC)c1OC. The summed E-state index contributed by atoms with van der Waals surface area (Å²) in [5, 5.41) is 5.84. The Morgan fingerprint density at radius 2 is 1.46 bits per heavy atom. The van der Waals surface area contributed by atoms with Crippen LogP contribution in [0.3, 0.4) is 0 Å². The minimum Gasteiger partial charge on any atom is -0.493 e. The van der Waals surface area contributed by atoms with E-state index < -0.39 is 11.7 Å². The van der Waals surface area contributed by atoms with Gasteiger partial charge in [0.1, 0.15) is 5.82 Å². The molecule has 4 aromatic carbocycles. The van der Waals surface area contributed by atoms with Gasteiger partial charge in [-0.1, -0.05) is 53.8 Å². The number of hydrogen-bond donors (Lipinski definition) is 0. The molecule has 1 amide bonds. The maximum Gasteiger partial charge on any atom is 0.280 e. The largest absolute Gasteiger partial charge is 0.493 e. The lowest BCUT2D eigenvalue weighted by Crippen LogP contribution is -2.25. The molecule has 0 saturated carbocycles. The summed E-state index contributed by atoms with van der Waals surface area (Å²) in [7, 11) is 4.50. The summed E-state index contributed by atoms with van der Waals surface area (Å²) in [4.78, 5) is 31.1. The first-order chi connectivity index (χ1) is 19.9. The third-order valence-corrected chi connectivity index (χ3v) is 7.15. The van der Waals surface area contributed by atoms with Crippen LogP contribution in [0.15, 0.2) is 90.0 Å². The lowest BCUT2D eigenvalue weighted by atomic mass is 10.0. The van der Waals surface area contributed by atoms with Crippen molar-refractivity contribution >= 4 is 44.6 Å². The molecule has 1 aromatic heterocycles. The highest BCUT2D eigenvalue weighted by Gasteiger charge is 2.22. The fourth-order valence-electron chi connectivity index (χ4n) is 4.11. The Morgan fingerprint density at radius 3 is 2.10 bits per heavy atom. The first-order valence-electron chi connectivity index (χ1n) is 12.4. The molecule has 41 heavy (non-hydrogen) atoms. The molecule has 0 N–H and O–H groups in total. The molecule has 0 aliphatic rings. The second kappa shape index (κ2) is 12.0. The van der Waals surface area contributed by atoms with Crippen LogP contribution in [-0.2, 0) is 0 Å². The molecule has 206 valence electrons. The number of fused-ring (bicyclic) bond motifs is 1. The average Bonchev–Trinajstić information content (AvgIpc) is 3.43. The van der Waals surface area contributed by atoms with E-state index in [4.69, 9.17) is 14.2 Å². The van der Waals surface area contributed by atoms with Crippen LogP contribution in [-0.4, -0.2) is 44.2 Å². The summed E-state index contributed by atoms with van der Waals surface area (Å²) in [5.74, 6) is 0.186. The number of benzene rings is 4. The highest BCUT2D eigenvalue weighted by Crippen LogP contribution is 2.38. The summed E-state index contributed by atoms with van der Waals surface area (Å²) in [5.41, 5.74) is 2.35. The number of hydrazone groups is 1. The van der Waals surface area contributed by atoms with Crippen LogP contribution in [0.25, 0.3) is 10.2 Å². The van der Waals surface area contributed by atoms with Crippen molar-refractivity contribution in [2.24, 2.45) is 5.10 Å². The lowest BCUT2D eigenvalue weighted by Gasteiger charge is -2.15. The van der Waals surface area contributed by atoms with Gasteiger partial charge in [-0.25, -0.2) is 9.37 Å². The fourth-order valence-corrected chi connectivity index (χ4v) is 5.06. The maximum atomic E-state index is 13.9. The summed E-state index contributed by atoms with van der Waals surface area (Å²) in [6.45, 7) is 0. The van der Waals surface area contributed by atoms with E-state index in [9.17, 15) is 14.0 Å². The minimum atomic E-state index is -0.494. The number of thiazole rings is 1. The summed E-state index contributed by atoms with van der Waals surface area (Å²) in [6, 6.07) is 22.8. The molecule has 0 radical (unpaired) electrons. The predicted molar refractivity (Wildman–Crippen MR) is 156 cm³/mol. The summed E-state index contributed by atoms with van der Waals surface area (Å²) >= 11 is 1.12. The molecule has 1 heterocycles. The zero-order valence-electron chi connectivity index (χ0n) is 22.3. The number of ether oxygens (including phenoxy) is 3. The van der Waals surface area contributed by atoms with Crippen LogP contribution in [0.4, 0.5) is 9.52 Å². The highest BCUT2D eigenvalue weighted by atomic mass is 32.1. The number of halogens is 1. The van der Waals surface area contributed by atoms with Gasteiger partial charge in [0.05, 0.1) is 37.8 Å². The van der Waals surface area contributed by atoms with Crippen molar-refractivity contribution in [3.63, 3.8) is 0 Å². The fraction of sp³-hybridized carbons (Fsp3) is 0.0968. The number of carbonyl (C=O) groups excluding carboxylic acids is 2. The Morgan fingerprint density at radius 1 is 0.829 bits per heavy atom. The number of ketones is 1. The molecule has 0 atom stereocenters. The van der Waals surface area contributed by atoms with Crippen LogP contribution in [0.1, 0.15) is 31.8 Å². The Hall–Kier alpha value is -5.09. The van der Waals surface area contributed by atoms with Gasteiger partial charge in [-0.05, 0) is 42.5 Å². The highest BCUT2D eigenvalue weighted by molar-refractivity contribution is 7.22. The molecule has 0 spiro atoms. The van der Waals surface area contributed by atoms with Crippen LogP contribution in [0, 0.1) is 5.82 Å². The normalized spacial score (nSPS) is 11.0. The Kier molecular flexibility index (Phi) is 8.02. The van der Waals surface area contributed by atoms with E-state index >= 15 is 0 Å². The number of rotatable bonds is 9. The molecular formula is C31H24FN3O5S. The van der Waals surface area contributed by atoms with E-state index in [0.717, 1.165) is 16.3 Å². The number of amides is 1. The number of nitrogens with zero attached hydrogens (tertiary/aromatic N) is 3. The van der Waals surface area contributed by atoms with Gasteiger partial charge in [0, 0.05) is 22.3 Å². The third-order valence-electron chi connectivity index (χ3n) is 6.15. The van der Waals surface area contributed by atoms with Gasteiger partial charge < -0.3 is 14.2 Å². The molecule has 0 fully saturated rings. The van der Waals surface area contributed by atoms with E-state index in [2.05, 4.69) is 10.1 Å².